The van der Waals surface area contributed by atoms with Crippen LogP contribution in [0.4, 0.5) is 0 Å². The van der Waals surface area contributed by atoms with Crippen LogP contribution >= 0.6 is 23.2 Å². The van der Waals surface area contributed by atoms with Crippen LogP contribution in [0.2, 0.25) is 10.0 Å². The van der Waals surface area contributed by atoms with Gasteiger partial charge in [0.15, 0.2) is 0 Å². The molecule has 29 heavy (non-hydrogen) atoms. The SMILES string of the molecule is CC(Oc1nc2ccccc2nc1/C=C\c1ccc(Cl)cc1Cl)c1ccccc1. The fraction of sp³-hybridized carbons (Fsp3) is 0.0833. The van der Waals surface area contributed by atoms with Crippen molar-refractivity contribution in [3.63, 3.8) is 0 Å². The van der Waals surface area contributed by atoms with Crippen molar-refractivity contribution in [3.05, 3.63) is 99.7 Å². The van der Waals surface area contributed by atoms with Gasteiger partial charge in [-0.3, -0.25) is 0 Å². The van der Waals surface area contributed by atoms with Gasteiger partial charge in [-0.25, -0.2) is 9.97 Å². The maximum absolute atomic E-state index is 6.29. The van der Waals surface area contributed by atoms with E-state index in [-0.39, 0.29) is 6.10 Å². The monoisotopic (exact) mass is 420 g/mol. The lowest BCUT2D eigenvalue weighted by atomic mass is 10.1. The fourth-order valence-corrected chi connectivity index (χ4v) is 3.43. The van der Waals surface area contributed by atoms with Crippen molar-refractivity contribution in [2.45, 2.75) is 13.0 Å². The van der Waals surface area contributed by atoms with Crippen LogP contribution in [0.15, 0.2) is 72.8 Å². The minimum atomic E-state index is -0.169. The molecule has 144 valence electrons. The van der Waals surface area contributed by atoms with E-state index in [9.17, 15) is 0 Å². The van der Waals surface area contributed by atoms with E-state index in [4.69, 9.17) is 37.9 Å². The Morgan fingerprint density at radius 2 is 1.52 bits per heavy atom. The highest BCUT2D eigenvalue weighted by Gasteiger charge is 2.13. The molecule has 0 fully saturated rings. The van der Waals surface area contributed by atoms with E-state index < -0.39 is 0 Å². The van der Waals surface area contributed by atoms with Gasteiger partial charge in [0.2, 0.25) is 5.88 Å². The first-order valence-electron chi connectivity index (χ1n) is 9.21. The maximum atomic E-state index is 6.29. The predicted molar refractivity (Wildman–Crippen MR) is 120 cm³/mol. The highest BCUT2D eigenvalue weighted by atomic mass is 35.5. The lowest BCUT2D eigenvalue weighted by Gasteiger charge is -2.16. The molecule has 0 saturated carbocycles. The summed E-state index contributed by atoms with van der Waals surface area (Å²) in [6, 6.07) is 23.1. The lowest BCUT2D eigenvalue weighted by Crippen LogP contribution is -2.06. The second-order valence-corrected chi connectivity index (χ2v) is 7.42. The number of hydrogen-bond acceptors (Lipinski definition) is 3. The van der Waals surface area contributed by atoms with Crippen LogP contribution in [0, 0.1) is 0 Å². The summed E-state index contributed by atoms with van der Waals surface area (Å²) < 4.78 is 6.20. The summed E-state index contributed by atoms with van der Waals surface area (Å²) in [7, 11) is 0. The van der Waals surface area contributed by atoms with Gasteiger partial charge in [0, 0.05) is 10.0 Å². The van der Waals surface area contributed by atoms with Crippen molar-refractivity contribution in [2.75, 3.05) is 0 Å². The first-order valence-corrected chi connectivity index (χ1v) is 9.97. The van der Waals surface area contributed by atoms with E-state index in [1.54, 1.807) is 12.1 Å². The van der Waals surface area contributed by atoms with E-state index in [0.717, 1.165) is 22.2 Å². The normalized spacial score (nSPS) is 12.4. The summed E-state index contributed by atoms with van der Waals surface area (Å²) in [5, 5.41) is 1.17. The summed E-state index contributed by atoms with van der Waals surface area (Å²) in [5.41, 5.74) is 4.13. The Bertz CT molecular complexity index is 1180. The molecule has 0 saturated heterocycles. The molecular formula is C24H18Cl2N2O. The van der Waals surface area contributed by atoms with Crippen LogP contribution in [0.25, 0.3) is 23.2 Å². The number of halogens is 2. The van der Waals surface area contributed by atoms with Gasteiger partial charge in [0.25, 0.3) is 0 Å². The van der Waals surface area contributed by atoms with E-state index in [2.05, 4.69) is 0 Å². The second kappa shape index (κ2) is 8.64. The summed E-state index contributed by atoms with van der Waals surface area (Å²) >= 11 is 12.3. The molecule has 1 unspecified atom stereocenters. The van der Waals surface area contributed by atoms with Gasteiger partial charge in [0.1, 0.15) is 11.8 Å². The number of benzene rings is 3. The zero-order valence-electron chi connectivity index (χ0n) is 15.7. The van der Waals surface area contributed by atoms with E-state index in [1.165, 1.54) is 0 Å². The zero-order chi connectivity index (χ0) is 20.2. The average Bonchev–Trinajstić information content (AvgIpc) is 2.73. The topological polar surface area (TPSA) is 35.0 Å². The van der Waals surface area contributed by atoms with Gasteiger partial charge < -0.3 is 4.74 Å². The minimum Gasteiger partial charge on any atom is -0.468 e. The van der Waals surface area contributed by atoms with Gasteiger partial charge in [-0.1, -0.05) is 77.8 Å². The third-order valence-corrected chi connectivity index (χ3v) is 5.07. The van der Waals surface area contributed by atoms with Gasteiger partial charge in [-0.05, 0) is 48.4 Å². The number of fused-ring (bicyclic) bond motifs is 1. The molecule has 1 aromatic heterocycles. The minimum absolute atomic E-state index is 0.169. The number of hydrogen-bond donors (Lipinski definition) is 0. The summed E-state index contributed by atoms with van der Waals surface area (Å²) in [4.78, 5) is 9.44. The van der Waals surface area contributed by atoms with Gasteiger partial charge in [-0.15, -0.1) is 0 Å². The Hall–Kier alpha value is -2.88. The first-order chi connectivity index (χ1) is 14.1. The largest absolute Gasteiger partial charge is 0.468 e. The van der Waals surface area contributed by atoms with E-state index in [1.807, 2.05) is 79.7 Å². The molecule has 0 aliphatic rings. The number of para-hydroxylation sites is 2. The Balaban J connectivity index is 1.73. The Labute approximate surface area is 179 Å². The van der Waals surface area contributed by atoms with Crippen LogP contribution < -0.4 is 4.74 Å². The second-order valence-electron chi connectivity index (χ2n) is 6.57. The van der Waals surface area contributed by atoms with Crippen LogP contribution in [0.1, 0.15) is 29.8 Å². The van der Waals surface area contributed by atoms with Crippen LogP contribution in [0.3, 0.4) is 0 Å². The smallest absolute Gasteiger partial charge is 0.241 e. The van der Waals surface area contributed by atoms with Crippen LogP contribution in [0.5, 0.6) is 5.88 Å². The summed E-state index contributed by atoms with van der Waals surface area (Å²) in [6.07, 6.45) is 3.58. The number of rotatable bonds is 5. The highest BCUT2D eigenvalue weighted by Crippen LogP contribution is 2.28. The quantitative estimate of drug-likeness (QED) is 0.341. The fourth-order valence-electron chi connectivity index (χ4n) is 2.96. The number of aromatic nitrogens is 2. The van der Waals surface area contributed by atoms with E-state index in [0.29, 0.717) is 21.6 Å². The average molecular weight is 421 g/mol. The molecule has 0 N–H and O–H groups in total. The summed E-state index contributed by atoms with van der Waals surface area (Å²) in [5.74, 6) is 0.474. The molecule has 0 bridgehead atoms. The van der Waals surface area contributed by atoms with Crippen LogP contribution in [-0.4, -0.2) is 9.97 Å². The molecule has 1 heterocycles. The van der Waals surface area contributed by atoms with E-state index >= 15 is 0 Å². The zero-order valence-corrected chi connectivity index (χ0v) is 17.2. The third-order valence-electron chi connectivity index (χ3n) is 4.50. The Morgan fingerprint density at radius 3 is 2.24 bits per heavy atom. The van der Waals surface area contributed by atoms with Crippen molar-refractivity contribution in [2.24, 2.45) is 0 Å². The Kier molecular flexibility index (Phi) is 5.79. The molecular weight excluding hydrogens is 403 g/mol. The van der Waals surface area contributed by atoms with Gasteiger partial charge in [0.05, 0.1) is 11.0 Å². The number of nitrogens with zero attached hydrogens (tertiary/aromatic N) is 2. The van der Waals surface area contributed by atoms with Gasteiger partial charge >= 0.3 is 0 Å². The molecule has 1 atom stereocenters. The number of ether oxygens (including phenoxy) is 1. The van der Waals surface area contributed by atoms with Crippen molar-refractivity contribution >= 4 is 46.4 Å². The standard InChI is InChI=1S/C24H18Cl2N2O/c1-16(17-7-3-2-4-8-17)29-24-23(27-21-9-5-6-10-22(21)28-24)14-12-18-11-13-19(25)15-20(18)26/h2-16H,1H3/b14-12-. The first kappa shape index (κ1) is 19.4. The summed E-state index contributed by atoms with van der Waals surface area (Å²) in [6.45, 7) is 2.00. The molecule has 0 aliphatic carbocycles. The van der Waals surface area contributed by atoms with Crippen molar-refractivity contribution in [1.82, 2.24) is 9.97 Å². The van der Waals surface area contributed by atoms with Crippen molar-refractivity contribution < 1.29 is 4.74 Å². The molecule has 0 radical (unpaired) electrons. The molecule has 4 aromatic rings. The molecule has 0 amide bonds. The molecule has 5 heteroatoms. The molecule has 3 aromatic carbocycles. The molecule has 4 rings (SSSR count). The van der Waals surface area contributed by atoms with Gasteiger partial charge in [-0.2, -0.15) is 0 Å². The molecule has 0 aliphatic heterocycles. The Morgan fingerprint density at radius 1 is 0.828 bits per heavy atom. The maximum Gasteiger partial charge on any atom is 0.241 e. The predicted octanol–water partition coefficient (Wildman–Crippen LogP) is 7.25. The molecule has 3 nitrogen and oxygen atoms in total. The lowest BCUT2D eigenvalue weighted by molar-refractivity contribution is 0.217. The highest BCUT2D eigenvalue weighted by molar-refractivity contribution is 6.35. The van der Waals surface area contributed by atoms with Crippen molar-refractivity contribution in [1.29, 1.82) is 0 Å². The van der Waals surface area contributed by atoms with Crippen LogP contribution in [-0.2, 0) is 0 Å². The van der Waals surface area contributed by atoms with Crippen molar-refractivity contribution in [3.8, 4) is 5.88 Å². The molecule has 0 spiro atoms. The third kappa shape index (κ3) is 4.58.